The third kappa shape index (κ3) is 1.86. The van der Waals surface area contributed by atoms with Gasteiger partial charge in [0.05, 0.1) is 13.2 Å². The van der Waals surface area contributed by atoms with Crippen LogP contribution in [0, 0.1) is 5.92 Å². The van der Waals surface area contributed by atoms with Crippen molar-refractivity contribution in [1.29, 1.82) is 0 Å². The summed E-state index contributed by atoms with van der Waals surface area (Å²) >= 11 is 0. The van der Waals surface area contributed by atoms with Crippen molar-refractivity contribution < 1.29 is 14.3 Å². The Kier molecular flexibility index (Phi) is 3.03. The van der Waals surface area contributed by atoms with Crippen LogP contribution in [0.4, 0.5) is 4.79 Å². The van der Waals surface area contributed by atoms with E-state index in [1.54, 1.807) is 9.80 Å². The SMILES string of the molecule is COC(=O)CN1CC(C2CCC2)N(C)C1=O. The van der Waals surface area contributed by atoms with Crippen LogP contribution >= 0.6 is 0 Å². The van der Waals surface area contributed by atoms with Crippen molar-refractivity contribution >= 4 is 12.0 Å². The molecule has 5 nitrogen and oxygen atoms in total. The zero-order chi connectivity index (χ0) is 11.7. The Morgan fingerprint density at radius 3 is 2.69 bits per heavy atom. The number of amides is 2. The maximum Gasteiger partial charge on any atom is 0.325 e. The van der Waals surface area contributed by atoms with Crippen molar-refractivity contribution in [2.45, 2.75) is 25.3 Å². The molecule has 0 aromatic carbocycles. The van der Waals surface area contributed by atoms with Crippen LogP contribution in [0.1, 0.15) is 19.3 Å². The van der Waals surface area contributed by atoms with Gasteiger partial charge in [0.15, 0.2) is 0 Å². The second-order valence-corrected chi connectivity index (χ2v) is 4.61. The largest absolute Gasteiger partial charge is 0.468 e. The summed E-state index contributed by atoms with van der Waals surface area (Å²) in [4.78, 5) is 26.3. The van der Waals surface area contributed by atoms with Gasteiger partial charge in [0.25, 0.3) is 0 Å². The first-order valence-corrected chi connectivity index (χ1v) is 5.72. The van der Waals surface area contributed by atoms with E-state index in [2.05, 4.69) is 4.74 Å². The molecular weight excluding hydrogens is 208 g/mol. The maximum atomic E-state index is 11.9. The molecule has 1 saturated heterocycles. The zero-order valence-corrected chi connectivity index (χ0v) is 9.81. The van der Waals surface area contributed by atoms with Crippen LogP contribution in [-0.2, 0) is 9.53 Å². The van der Waals surface area contributed by atoms with Gasteiger partial charge in [-0.15, -0.1) is 0 Å². The molecule has 90 valence electrons. The molecule has 1 heterocycles. The van der Waals surface area contributed by atoms with Gasteiger partial charge in [-0.3, -0.25) is 4.79 Å². The molecule has 0 radical (unpaired) electrons. The number of likely N-dealkylation sites (N-methyl/N-ethyl adjacent to an activating group) is 1. The van der Waals surface area contributed by atoms with Crippen molar-refractivity contribution in [2.75, 3.05) is 27.2 Å². The highest BCUT2D eigenvalue weighted by Crippen LogP contribution is 2.34. The van der Waals surface area contributed by atoms with E-state index < -0.39 is 0 Å². The van der Waals surface area contributed by atoms with Crippen molar-refractivity contribution in [1.82, 2.24) is 9.80 Å². The van der Waals surface area contributed by atoms with Gasteiger partial charge in [-0.25, -0.2) is 4.79 Å². The fourth-order valence-electron chi connectivity index (χ4n) is 2.43. The molecule has 1 aliphatic carbocycles. The number of esters is 1. The fraction of sp³-hybridized carbons (Fsp3) is 0.818. The second kappa shape index (κ2) is 4.31. The smallest absolute Gasteiger partial charge is 0.325 e. The number of rotatable bonds is 3. The lowest BCUT2D eigenvalue weighted by molar-refractivity contribution is -0.141. The average Bonchev–Trinajstić information content (AvgIpc) is 2.45. The molecule has 1 atom stereocenters. The topological polar surface area (TPSA) is 49.9 Å². The molecule has 16 heavy (non-hydrogen) atoms. The Labute approximate surface area is 95.3 Å². The van der Waals surface area contributed by atoms with Gasteiger partial charge >= 0.3 is 12.0 Å². The van der Waals surface area contributed by atoms with E-state index in [-0.39, 0.29) is 24.6 Å². The summed E-state index contributed by atoms with van der Waals surface area (Å²) in [6.45, 7) is 0.734. The molecule has 0 aromatic rings. The van der Waals surface area contributed by atoms with Crippen LogP contribution < -0.4 is 0 Å². The van der Waals surface area contributed by atoms with Crippen molar-refractivity contribution in [3.8, 4) is 0 Å². The van der Waals surface area contributed by atoms with Gasteiger partial charge in [0.1, 0.15) is 6.54 Å². The molecule has 1 unspecified atom stereocenters. The van der Waals surface area contributed by atoms with Crippen LogP contribution in [-0.4, -0.2) is 55.1 Å². The third-order valence-corrected chi connectivity index (χ3v) is 3.72. The highest BCUT2D eigenvalue weighted by Gasteiger charge is 2.41. The first kappa shape index (κ1) is 11.2. The van der Waals surface area contributed by atoms with Gasteiger partial charge in [-0.05, 0) is 18.8 Å². The molecule has 1 saturated carbocycles. The minimum absolute atomic E-state index is 0.0534. The predicted molar refractivity (Wildman–Crippen MR) is 57.9 cm³/mol. The predicted octanol–water partition coefficient (Wildman–Crippen LogP) is 0.695. The van der Waals surface area contributed by atoms with Gasteiger partial charge in [0.2, 0.25) is 0 Å². The van der Waals surface area contributed by atoms with Crippen LogP contribution in [0.5, 0.6) is 0 Å². The lowest BCUT2D eigenvalue weighted by Gasteiger charge is -2.34. The standard InChI is InChI=1S/C11H18N2O3/c1-12-9(8-4-3-5-8)6-13(11(12)15)7-10(14)16-2/h8-9H,3-7H2,1-2H3. The van der Waals surface area contributed by atoms with Gasteiger partial charge in [0, 0.05) is 13.6 Å². The van der Waals surface area contributed by atoms with Crippen molar-refractivity contribution in [2.24, 2.45) is 5.92 Å². The van der Waals surface area contributed by atoms with Crippen molar-refractivity contribution in [3.05, 3.63) is 0 Å². The van der Waals surface area contributed by atoms with E-state index in [0.29, 0.717) is 12.5 Å². The molecule has 2 aliphatic rings. The van der Waals surface area contributed by atoms with Crippen LogP contribution in [0.25, 0.3) is 0 Å². The first-order chi connectivity index (χ1) is 7.63. The molecular formula is C11H18N2O3. The molecule has 2 fully saturated rings. The molecule has 0 bridgehead atoms. The minimum Gasteiger partial charge on any atom is -0.468 e. The highest BCUT2D eigenvalue weighted by atomic mass is 16.5. The summed E-state index contributed by atoms with van der Waals surface area (Å²) in [7, 11) is 3.17. The van der Waals surface area contributed by atoms with E-state index in [1.807, 2.05) is 7.05 Å². The Bertz CT molecular complexity index is 302. The lowest BCUT2D eigenvalue weighted by Crippen LogP contribution is -2.39. The van der Waals surface area contributed by atoms with E-state index in [1.165, 1.54) is 26.4 Å². The first-order valence-electron chi connectivity index (χ1n) is 5.72. The number of hydrogen-bond acceptors (Lipinski definition) is 3. The molecule has 2 rings (SSSR count). The number of hydrogen-bond donors (Lipinski definition) is 0. The minimum atomic E-state index is -0.351. The van der Waals surface area contributed by atoms with Gasteiger partial charge < -0.3 is 14.5 Å². The summed E-state index contributed by atoms with van der Waals surface area (Å²) in [5.74, 6) is 0.271. The maximum absolute atomic E-state index is 11.9. The van der Waals surface area contributed by atoms with E-state index in [0.717, 1.165) is 0 Å². The fourth-order valence-corrected chi connectivity index (χ4v) is 2.43. The number of nitrogens with zero attached hydrogens (tertiary/aromatic N) is 2. The zero-order valence-electron chi connectivity index (χ0n) is 9.81. The van der Waals surface area contributed by atoms with E-state index in [9.17, 15) is 9.59 Å². The molecule has 0 N–H and O–H groups in total. The summed E-state index contributed by atoms with van der Waals surface area (Å²) in [5.41, 5.74) is 0. The summed E-state index contributed by atoms with van der Waals surface area (Å²) in [6.07, 6.45) is 3.67. The quantitative estimate of drug-likeness (QED) is 0.665. The molecule has 2 amide bonds. The Hall–Kier alpha value is -1.26. The number of methoxy groups -OCH3 is 1. The number of carbonyl (C=O) groups is 2. The Morgan fingerprint density at radius 2 is 2.19 bits per heavy atom. The summed E-state index contributed by atoms with van der Waals surface area (Å²) in [5, 5.41) is 0. The van der Waals surface area contributed by atoms with Gasteiger partial charge in [-0.1, -0.05) is 6.42 Å². The van der Waals surface area contributed by atoms with E-state index >= 15 is 0 Å². The van der Waals surface area contributed by atoms with Crippen LogP contribution in [0.15, 0.2) is 0 Å². The highest BCUT2D eigenvalue weighted by molar-refractivity contribution is 5.82. The summed E-state index contributed by atoms with van der Waals surface area (Å²) < 4.78 is 4.58. The van der Waals surface area contributed by atoms with E-state index in [4.69, 9.17) is 0 Å². The lowest BCUT2D eigenvalue weighted by atomic mass is 9.79. The molecule has 0 aromatic heterocycles. The second-order valence-electron chi connectivity index (χ2n) is 4.61. The molecule has 5 heteroatoms. The monoisotopic (exact) mass is 226 g/mol. The average molecular weight is 226 g/mol. The van der Waals surface area contributed by atoms with Crippen LogP contribution in [0.3, 0.4) is 0 Å². The molecule has 0 spiro atoms. The van der Waals surface area contributed by atoms with Gasteiger partial charge in [-0.2, -0.15) is 0 Å². The Morgan fingerprint density at radius 1 is 1.50 bits per heavy atom. The van der Waals surface area contributed by atoms with Crippen molar-refractivity contribution in [3.63, 3.8) is 0 Å². The Balaban J connectivity index is 1.96. The third-order valence-electron chi connectivity index (χ3n) is 3.72. The van der Waals surface area contributed by atoms with Crippen LogP contribution in [0.2, 0.25) is 0 Å². The molecule has 1 aliphatic heterocycles. The number of urea groups is 1. The number of carbonyl (C=O) groups excluding carboxylic acids is 2. The normalized spacial score (nSPS) is 25.9. The summed E-state index contributed by atoms with van der Waals surface area (Å²) in [6, 6.07) is 0.230. The number of ether oxygens (including phenoxy) is 1.